The molecule has 1 fully saturated rings. The lowest BCUT2D eigenvalue weighted by molar-refractivity contribution is -0.0440. The van der Waals surface area contributed by atoms with Crippen molar-refractivity contribution in [1.82, 2.24) is 4.31 Å². The largest absolute Gasteiger partial charge is 0.478 e. The van der Waals surface area contributed by atoms with Gasteiger partial charge in [-0.2, -0.15) is 4.31 Å². The van der Waals surface area contributed by atoms with Crippen molar-refractivity contribution < 1.29 is 23.1 Å². The highest BCUT2D eigenvalue weighted by atomic mass is 35.5. The number of morpholine rings is 1. The topological polar surface area (TPSA) is 83.9 Å². The molecule has 0 radical (unpaired) electrons. The fourth-order valence-corrected chi connectivity index (χ4v) is 4.12. The minimum atomic E-state index is -3.77. The number of hydrogen-bond donors (Lipinski definition) is 1. The van der Waals surface area contributed by atoms with Gasteiger partial charge in [0.05, 0.1) is 27.7 Å². The van der Waals surface area contributed by atoms with E-state index < -0.39 is 16.0 Å². The predicted molar refractivity (Wildman–Crippen MR) is 77.2 cm³/mol. The second-order valence-electron chi connectivity index (χ2n) is 5.03. The zero-order valence-electron chi connectivity index (χ0n) is 11.6. The Balaban J connectivity index is 2.40. The van der Waals surface area contributed by atoms with Crippen molar-refractivity contribution >= 4 is 27.6 Å². The van der Waals surface area contributed by atoms with Crippen LogP contribution >= 0.6 is 11.6 Å². The highest BCUT2D eigenvalue weighted by Crippen LogP contribution is 2.25. The summed E-state index contributed by atoms with van der Waals surface area (Å²) in [6.07, 6.45) is -0.426. The number of aromatic carboxylic acids is 1. The number of carboxylic acids is 1. The number of hydrogen-bond acceptors (Lipinski definition) is 4. The Kier molecular flexibility index (Phi) is 4.57. The molecule has 0 spiro atoms. The highest BCUT2D eigenvalue weighted by molar-refractivity contribution is 7.89. The molecule has 6 nitrogen and oxygen atoms in total. The summed E-state index contributed by atoms with van der Waals surface area (Å²) in [5, 5.41) is 9.04. The Morgan fingerprint density at radius 1 is 1.33 bits per heavy atom. The second-order valence-corrected chi connectivity index (χ2v) is 7.37. The summed E-state index contributed by atoms with van der Waals surface area (Å²) in [4.78, 5) is 11.0. The first-order chi connectivity index (χ1) is 9.71. The van der Waals surface area contributed by atoms with E-state index in [9.17, 15) is 13.2 Å². The molecule has 0 bridgehead atoms. The molecule has 1 saturated heterocycles. The van der Waals surface area contributed by atoms with E-state index in [0.717, 1.165) is 6.07 Å². The molecule has 1 aromatic rings. The molecule has 1 N–H and O–H groups in total. The minimum Gasteiger partial charge on any atom is -0.478 e. The van der Waals surface area contributed by atoms with Crippen LogP contribution in [0.1, 0.15) is 24.2 Å². The lowest BCUT2D eigenvalue weighted by Gasteiger charge is -2.34. The number of nitrogens with zero attached hydrogens (tertiary/aromatic N) is 1. The van der Waals surface area contributed by atoms with Crippen LogP contribution in [0.2, 0.25) is 5.02 Å². The van der Waals surface area contributed by atoms with Crippen LogP contribution in [0.3, 0.4) is 0 Å². The van der Waals surface area contributed by atoms with Gasteiger partial charge in [0, 0.05) is 13.1 Å². The average molecular weight is 334 g/mol. The van der Waals surface area contributed by atoms with Crippen LogP contribution in [0, 0.1) is 0 Å². The number of sulfonamides is 1. The number of carboxylic acid groups (broad SMARTS) is 1. The molecule has 2 rings (SSSR count). The number of benzene rings is 1. The van der Waals surface area contributed by atoms with Crippen molar-refractivity contribution in [2.24, 2.45) is 0 Å². The van der Waals surface area contributed by atoms with Crippen LogP contribution < -0.4 is 0 Å². The van der Waals surface area contributed by atoms with E-state index in [1.54, 1.807) is 13.8 Å². The monoisotopic (exact) mass is 333 g/mol. The number of rotatable bonds is 3. The third-order valence-corrected chi connectivity index (χ3v) is 5.35. The lowest BCUT2D eigenvalue weighted by atomic mass is 10.2. The number of halogens is 1. The Morgan fingerprint density at radius 3 is 2.43 bits per heavy atom. The Bertz CT molecular complexity index is 651. The van der Waals surface area contributed by atoms with Crippen LogP contribution in [0.4, 0.5) is 0 Å². The average Bonchev–Trinajstić information content (AvgIpc) is 2.37. The lowest BCUT2D eigenvalue weighted by Crippen LogP contribution is -2.48. The van der Waals surface area contributed by atoms with Gasteiger partial charge in [-0.1, -0.05) is 11.6 Å². The van der Waals surface area contributed by atoms with Crippen LogP contribution in [0.25, 0.3) is 0 Å². The maximum absolute atomic E-state index is 12.6. The molecule has 0 saturated carbocycles. The summed E-state index contributed by atoms with van der Waals surface area (Å²) in [6.45, 7) is 4.06. The Morgan fingerprint density at radius 2 is 1.90 bits per heavy atom. The molecule has 1 aliphatic rings. The third kappa shape index (κ3) is 3.37. The van der Waals surface area contributed by atoms with Crippen LogP contribution in [0.15, 0.2) is 23.1 Å². The van der Waals surface area contributed by atoms with E-state index in [-0.39, 0.29) is 40.8 Å². The Labute approximate surface area is 128 Å². The third-order valence-electron chi connectivity index (χ3n) is 3.19. The quantitative estimate of drug-likeness (QED) is 0.912. The highest BCUT2D eigenvalue weighted by Gasteiger charge is 2.32. The second kappa shape index (κ2) is 5.92. The molecule has 1 aromatic carbocycles. The molecule has 1 aliphatic heterocycles. The Hall–Kier alpha value is -1.15. The molecule has 1 heterocycles. The maximum Gasteiger partial charge on any atom is 0.337 e. The fourth-order valence-electron chi connectivity index (χ4n) is 2.30. The first-order valence-corrected chi connectivity index (χ1v) is 8.22. The zero-order chi connectivity index (χ0) is 15.8. The summed E-state index contributed by atoms with van der Waals surface area (Å²) in [5.41, 5.74) is -0.230. The molecule has 0 aliphatic carbocycles. The van der Waals surface area contributed by atoms with Crippen molar-refractivity contribution in [1.29, 1.82) is 0 Å². The minimum absolute atomic E-state index is 0.00478. The van der Waals surface area contributed by atoms with E-state index in [1.807, 2.05) is 0 Å². The molecule has 2 unspecified atom stereocenters. The van der Waals surface area contributed by atoms with Gasteiger partial charge in [0.1, 0.15) is 0 Å². The standard InChI is InChI=1S/C13H16ClNO5S/c1-8-6-15(7-9(2)20-8)21(18,19)10-3-4-12(14)11(5-10)13(16)17/h3-5,8-9H,6-7H2,1-2H3,(H,16,17). The molecule has 116 valence electrons. The molecular weight excluding hydrogens is 318 g/mol. The molecule has 0 aromatic heterocycles. The summed E-state index contributed by atoms with van der Waals surface area (Å²) >= 11 is 5.76. The molecule has 2 atom stereocenters. The number of ether oxygens (including phenoxy) is 1. The summed E-state index contributed by atoms with van der Waals surface area (Å²) in [7, 11) is -3.77. The van der Waals surface area contributed by atoms with Crippen LogP contribution in [-0.2, 0) is 14.8 Å². The van der Waals surface area contributed by atoms with Gasteiger partial charge in [0.2, 0.25) is 10.0 Å². The van der Waals surface area contributed by atoms with Crippen molar-refractivity contribution in [3.63, 3.8) is 0 Å². The van der Waals surface area contributed by atoms with Gasteiger partial charge in [-0.15, -0.1) is 0 Å². The fraction of sp³-hybridized carbons (Fsp3) is 0.462. The van der Waals surface area contributed by atoms with E-state index in [0.29, 0.717) is 0 Å². The van der Waals surface area contributed by atoms with E-state index in [1.165, 1.54) is 16.4 Å². The van der Waals surface area contributed by atoms with Crippen molar-refractivity contribution in [2.75, 3.05) is 13.1 Å². The number of carbonyl (C=O) groups is 1. The van der Waals surface area contributed by atoms with Gasteiger partial charge in [0.25, 0.3) is 0 Å². The van der Waals surface area contributed by atoms with Gasteiger partial charge in [0.15, 0.2) is 0 Å². The van der Waals surface area contributed by atoms with Crippen molar-refractivity contribution in [3.8, 4) is 0 Å². The van der Waals surface area contributed by atoms with E-state index in [4.69, 9.17) is 21.4 Å². The maximum atomic E-state index is 12.6. The molecule has 8 heteroatoms. The van der Waals surface area contributed by atoms with E-state index in [2.05, 4.69) is 0 Å². The molecular formula is C13H16ClNO5S. The first-order valence-electron chi connectivity index (χ1n) is 6.40. The van der Waals surface area contributed by atoms with Crippen molar-refractivity contribution in [2.45, 2.75) is 31.0 Å². The molecule has 21 heavy (non-hydrogen) atoms. The van der Waals surface area contributed by atoms with Gasteiger partial charge in [-0.25, -0.2) is 13.2 Å². The normalized spacial score (nSPS) is 24.0. The van der Waals surface area contributed by atoms with Gasteiger partial charge < -0.3 is 9.84 Å². The zero-order valence-corrected chi connectivity index (χ0v) is 13.2. The van der Waals surface area contributed by atoms with Gasteiger partial charge >= 0.3 is 5.97 Å². The predicted octanol–water partition coefficient (Wildman–Crippen LogP) is 1.84. The molecule has 0 amide bonds. The SMILES string of the molecule is CC1CN(S(=O)(=O)c2ccc(Cl)c(C(=O)O)c2)CC(C)O1. The van der Waals surface area contributed by atoms with Gasteiger partial charge in [-0.3, -0.25) is 0 Å². The smallest absolute Gasteiger partial charge is 0.337 e. The first kappa shape index (κ1) is 16.2. The summed E-state index contributed by atoms with van der Waals surface area (Å²) < 4.78 is 32.0. The van der Waals surface area contributed by atoms with E-state index >= 15 is 0 Å². The van der Waals surface area contributed by atoms with Crippen molar-refractivity contribution in [3.05, 3.63) is 28.8 Å². The van der Waals surface area contributed by atoms with Crippen LogP contribution in [-0.4, -0.2) is 49.1 Å². The summed E-state index contributed by atoms with van der Waals surface area (Å²) in [6, 6.07) is 3.69. The van der Waals surface area contributed by atoms with Gasteiger partial charge in [-0.05, 0) is 32.0 Å². The summed E-state index contributed by atoms with van der Waals surface area (Å²) in [5.74, 6) is -1.26. The van der Waals surface area contributed by atoms with Crippen LogP contribution in [0.5, 0.6) is 0 Å².